The smallest absolute Gasteiger partial charge is 0.338 e. The van der Waals surface area contributed by atoms with Crippen molar-refractivity contribution < 1.29 is 22.7 Å². The zero-order valence-electron chi connectivity index (χ0n) is 10.7. The molecule has 0 fully saturated rings. The van der Waals surface area contributed by atoms with E-state index >= 15 is 0 Å². The number of hydrogen-bond donors (Lipinski definition) is 2. The number of sulfone groups is 1. The number of halogens is 1. The van der Waals surface area contributed by atoms with Gasteiger partial charge in [0.15, 0.2) is 9.84 Å². The van der Waals surface area contributed by atoms with Crippen molar-refractivity contribution >= 4 is 21.5 Å². The van der Waals surface area contributed by atoms with E-state index in [1.54, 1.807) is 13.8 Å². The second-order valence-corrected chi connectivity index (χ2v) is 6.64. The Morgan fingerprint density at radius 2 is 2.11 bits per heavy atom. The van der Waals surface area contributed by atoms with Gasteiger partial charge in [0.25, 0.3) is 0 Å². The third kappa shape index (κ3) is 4.51. The Labute approximate surface area is 111 Å². The molecule has 2 N–H and O–H groups in total. The highest BCUT2D eigenvalue weighted by atomic mass is 32.2. The fourth-order valence-corrected chi connectivity index (χ4v) is 2.68. The van der Waals surface area contributed by atoms with E-state index in [9.17, 15) is 17.6 Å². The van der Waals surface area contributed by atoms with Gasteiger partial charge in [-0.3, -0.25) is 0 Å². The summed E-state index contributed by atoms with van der Waals surface area (Å²) in [4.78, 5) is 10.8. The molecule has 1 atom stereocenters. The number of carbonyl (C=O) groups is 1. The van der Waals surface area contributed by atoms with Gasteiger partial charge >= 0.3 is 5.97 Å². The fourth-order valence-electron chi connectivity index (χ4n) is 1.60. The van der Waals surface area contributed by atoms with Crippen LogP contribution in [0.2, 0.25) is 0 Å². The number of hydrogen-bond acceptors (Lipinski definition) is 4. The maximum Gasteiger partial charge on any atom is 0.338 e. The second kappa shape index (κ2) is 6.01. The Bertz CT molecular complexity index is 571. The number of carboxylic acids is 1. The van der Waals surface area contributed by atoms with E-state index in [2.05, 4.69) is 5.32 Å². The highest BCUT2D eigenvalue weighted by molar-refractivity contribution is 7.91. The summed E-state index contributed by atoms with van der Waals surface area (Å²) in [6.45, 7) is 3.22. The summed E-state index contributed by atoms with van der Waals surface area (Å²) in [5.41, 5.74) is -0.0758. The molecule has 0 saturated heterocycles. The van der Waals surface area contributed by atoms with Crippen molar-refractivity contribution in [3.05, 3.63) is 29.6 Å². The third-order valence-electron chi connectivity index (χ3n) is 2.55. The van der Waals surface area contributed by atoms with Crippen LogP contribution in [0.4, 0.5) is 10.1 Å². The van der Waals surface area contributed by atoms with E-state index in [4.69, 9.17) is 5.11 Å². The first-order valence-corrected chi connectivity index (χ1v) is 7.57. The fraction of sp³-hybridized carbons (Fsp3) is 0.417. The molecule has 0 aliphatic carbocycles. The minimum Gasteiger partial charge on any atom is -0.478 e. The van der Waals surface area contributed by atoms with Gasteiger partial charge in [0.05, 0.1) is 11.3 Å². The lowest BCUT2D eigenvalue weighted by atomic mass is 10.2. The minimum atomic E-state index is -3.13. The number of carboxylic acid groups (broad SMARTS) is 1. The molecule has 0 radical (unpaired) electrons. The molecule has 0 aliphatic rings. The molecule has 0 spiro atoms. The van der Waals surface area contributed by atoms with Gasteiger partial charge in [-0.25, -0.2) is 17.6 Å². The lowest BCUT2D eigenvalue weighted by molar-refractivity contribution is 0.0692. The van der Waals surface area contributed by atoms with Crippen LogP contribution in [0.15, 0.2) is 18.2 Å². The molecule has 0 saturated carbocycles. The number of benzene rings is 1. The first kappa shape index (κ1) is 15.4. The summed E-state index contributed by atoms with van der Waals surface area (Å²) in [6.07, 6.45) is 0. The van der Waals surface area contributed by atoms with Crippen molar-refractivity contribution in [1.82, 2.24) is 0 Å². The highest BCUT2D eigenvalue weighted by Crippen LogP contribution is 2.16. The average Bonchev–Trinajstić information content (AvgIpc) is 2.30. The van der Waals surface area contributed by atoms with Gasteiger partial charge in [0, 0.05) is 17.5 Å². The zero-order chi connectivity index (χ0) is 14.6. The summed E-state index contributed by atoms with van der Waals surface area (Å²) in [7, 11) is -3.13. The van der Waals surface area contributed by atoms with E-state index < -0.39 is 33.2 Å². The predicted octanol–water partition coefficient (Wildman–Crippen LogP) is 1.76. The Balaban J connectivity index is 2.83. The van der Waals surface area contributed by atoms with Gasteiger partial charge in [-0.15, -0.1) is 0 Å². The van der Waals surface area contributed by atoms with Gasteiger partial charge < -0.3 is 10.4 Å². The van der Waals surface area contributed by atoms with Crippen LogP contribution in [0.25, 0.3) is 0 Å². The summed E-state index contributed by atoms with van der Waals surface area (Å²) in [5, 5.41) is 11.6. The highest BCUT2D eigenvalue weighted by Gasteiger charge is 2.15. The summed E-state index contributed by atoms with van der Waals surface area (Å²) >= 11 is 0. The van der Waals surface area contributed by atoms with Crippen LogP contribution in [-0.2, 0) is 9.84 Å². The van der Waals surface area contributed by atoms with Crippen LogP contribution in [0.1, 0.15) is 24.2 Å². The Morgan fingerprint density at radius 3 is 2.63 bits per heavy atom. The van der Waals surface area contributed by atoms with Crippen LogP contribution in [0.3, 0.4) is 0 Å². The maximum absolute atomic E-state index is 13.2. The van der Waals surface area contributed by atoms with Crippen LogP contribution in [0.5, 0.6) is 0 Å². The molecule has 0 aliphatic heterocycles. The molecule has 1 rings (SSSR count). The lowest BCUT2D eigenvalue weighted by Crippen LogP contribution is -2.26. The van der Waals surface area contributed by atoms with Gasteiger partial charge in [-0.2, -0.15) is 0 Å². The summed E-state index contributed by atoms with van der Waals surface area (Å²) in [6, 6.07) is 3.16. The van der Waals surface area contributed by atoms with Crippen molar-refractivity contribution in [3.8, 4) is 0 Å². The predicted molar refractivity (Wildman–Crippen MR) is 70.8 cm³/mol. The number of rotatable bonds is 6. The van der Waals surface area contributed by atoms with Gasteiger partial charge in [-0.05, 0) is 25.1 Å². The Morgan fingerprint density at radius 1 is 1.47 bits per heavy atom. The SMILES string of the molecule is CCS(=O)(=O)CC(C)Nc1ccc(F)c(C(=O)O)c1. The van der Waals surface area contributed by atoms with Crippen molar-refractivity contribution in [2.45, 2.75) is 19.9 Å². The third-order valence-corrected chi connectivity index (χ3v) is 4.44. The molecule has 1 unspecified atom stereocenters. The molecule has 106 valence electrons. The van der Waals surface area contributed by atoms with E-state index in [0.29, 0.717) is 5.69 Å². The lowest BCUT2D eigenvalue weighted by Gasteiger charge is -2.15. The van der Waals surface area contributed by atoms with Crippen molar-refractivity contribution in [2.75, 3.05) is 16.8 Å². The van der Waals surface area contributed by atoms with Crippen LogP contribution >= 0.6 is 0 Å². The normalized spacial score (nSPS) is 13.0. The molecule has 0 aromatic heterocycles. The van der Waals surface area contributed by atoms with Crippen molar-refractivity contribution in [1.29, 1.82) is 0 Å². The van der Waals surface area contributed by atoms with E-state index in [0.717, 1.165) is 12.1 Å². The topological polar surface area (TPSA) is 83.5 Å². The Kier molecular flexibility index (Phi) is 4.88. The van der Waals surface area contributed by atoms with Crippen LogP contribution in [-0.4, -0.2) is 37.0 Å². The first-order valence-electron chi connectivity index (χ1n) is 5.75. The Hall–Kier alpha value is -1.63. The molecule has 0 bridgehead atoms. The minimum absolute atomic E-state index is 0.0445. The molecule has 7 heteroatoms. The molecule has 0 amide bonds. The second-order valence-electron chi connectivity index (χ2n) is 4.24. The van der Waals surface area contributed by atoms with Gasteiger partial charge in [0.1, 0.15) is 5.82 Å². The molecule has 19 heavy (non-hydrogen) atoms. The van der Waals surface area contributed by atoms with Crippen molar-refractivity contribution in [3.63, 3.8) is 0 Å². The number of anilines is 1. The molecule has 5 nitrogen and oxygen atoms in total. The number of nitrogens with one attached hydrogen (secondary N) is 1. The monoisotopic (exact) mass is 289 g/mol. The summed E-state index contributed by atoms with van der Waals surface area (Å²) < 4.78 is 36.0. The van der Waals surface area contributed by atoms with Crippen LogP contribution < -0.4 is 5.32 Å². The van der Waals surface area contributed by atoms with Gasteiger partial charge in [-0.1, -0.05) is 6.92 Å². The van der Waals surface area contributed by atoms with Crippen LogP contribution in [0, 0.1) is 5.82 Å². The molecule has 1 aromatic carbocycles. The van der Waals surface area contributed by atoms with E-state index in [1.165, 1.54) is 6.07 Å². The van der Waals surface area contributed by atoms with Crippen molar-refractivity contribution in [2.24, 2.45) is 0 Å². The number of aromatic carboxylic acids is 1. The maximum atomic E-state index is 13.2. The molecular weight excluding hydrogens is 273 g/mol. The first-order chi connectivity index (χ1) is 8.75. The average molecular weight is 289 g/mol. The quantitative estimate of drug-likeness (QED) is 0.833. The molecule has 1 aromatic rings. The summed E-state index contributed by atoms with van der Waals surface area (Å²) in [5.74, 6) is -2.21. The molecule has 0 heterocycles. The van der Waals surface area contributed by atoms with E-state index in [-0.39, 0.29) is 11.5 Å². The van der Waals surface area contributed by atoms with Gasteiger partial charge in [0.2, 0.25) is 0 Å². The molecular formula is C12H16FNO4S. The standard InChI is InChI=1S/C12H16FNO4S/c1-3-19(17,18)7-8(2)14-9-4-5-11(13)10(6-9)12(15)16/h4-6,8,14H,3,7H2,1-2H3,(H,15,16). The zero-order valence-corrected chi connectivity index (χ0v) is 11.5. The largest absolute Gasteiger partial charge is 0.478 e. The van der Waals surface area contributed by atoms with E-state index in [1.807, 2.05) is 0 Å².